The first kappa shape index (κ1) is 16.0. The second-order valence-electron chi connectivity index (χ2n) is 5.06. The van der Waals surface area contributed by atoms with Crippen molar-refractivity contribution in [3.05, 3.63) is 71.0 Å². The van der Waals surface area contributed by atoms with E-state index in [9.17, 15) is 4.79 Å². The summed E-state index contributed by atoms with van der Waals surface area (Å²) in [6.07, 6.45) is 1.58. The molecule has 0 bridgehead atoms. The number of methoxy groups -OCH3 is 1. The Kier molecular flexibility index (Phi) is 4.77. The van der Waals surface area contributed by atoms with Gasteiger partial charge in [-0.1, -0.05) is 28.9 Å². The number of benzene rings is 2. The molecule has 0 aliphatic rings. The molecule has 0 radical (unpaired) electrons. The van der Waals surface area contributed by atoms with Crippen LogP contribution in [0.1, 0.15) is 16.1 Å². The maximum Gasteiger partial charge on any atom is 0.273 e. The maximum atomic E-state index is 12.2. The normalized spacial score (nSPS) is 10.4. The van der Waals surface area contributed by atoms with Crippen LogP contribution in [0.15, 0.2) is 54.7 Å². The SMILES string of the molecule is COc1ccc(-n2cc(C(=O)NCc3ccc(Cl)cc3)nn2)cc1. The van der Waals surface area contributed by atoms with Gasteiger partial charge in [0.05, 0.1) is 19.0 Å². The summed E-state index contributed by atoms with van der Waals surface area (Å²) >= 11 is 5.83. The Morgan fingerprint density at radius 2 is 1.88 bits per heavy atom. The average Bonchev–Trinajstić information content (AvgIpc) is 3.11. The van der Waals surface area contributed by atoms with Crippen LogP contribution in [0.25, 0.3) is 5.69 Å². The molecule has 1 aromatic heterocycles. The number of ether oxygens (including phenoxy) is 1. The molecule has 0 saturated carbocycles. The lowest BCUT2D eigenvalue weighted by molar-refractivity contribution is 0.0946. The minimum atomic E-state index is -0.287. The standard InChI is InChI=1S/C17H15ClN4O2/c1-24-15-8-6-14(7-9-15)22-11-16(20-21-22)17(23)19-10-12-2-4-13(18)5-3-12/h2-9,11H,10H2,1H3,(H,19,23). The highest BCUT2D eigenvalue weighted by atomic mass is 35.5. The Morgan fingerprint density at radius 1 is 1.17 bits per heavy atom. The largest absolute Gasteiger partial charge is 0.497 e. The second kappa shape index (κ2) is 7.14. The fraction of sp³-hybridized carbons (Fsp3) is 0.118. The molecule has 0 saturated heterocycles. The molecular weight excluding hydrogens is 328 g/mol. The van der Waals surface area contributed by atoms with Crippen molar-refractivity contribution >= 4 is 17.5 Å². The van der Waals surface area contributed by atoms with Gasteiger partial charge in [-0.05, 0) is 42.0 Å². The van der Waals surface area contributed by atoms with E-state index < -0.39 is 0 Å². The van der Waals surface area contributed by atoms with Crippen molar-refractivity contribution < 1.29 is 9.53 Å². The van der Waals surface area contributed by atoms with Crippen molar-refractivity contribution in [3.8, 4) is 11.4 Å². The van der Waals surface area contributed by atoms with Crippen molar-refractivity contribution in [2.75, 3.05) is 7.11 Å². The number of hydrogen-bond acceptors (Lipinski definition) is 4. The first-order valence-corrected chi connectivity index (χ1v) is 7.63. The lowest BCUT2D eigenvalue weighted by atomic mass is 10.2. The van der Waals surface area contributed by atoms with Crippen molar-refractivity contribution in [3.63, 3.8) is 0 Å². The highest BCUT2D eigenvalue weighted by Gasteiger charge is 2.11. The number of nitrogens with one attached hydrogen (secondary N) is 1. The van der Waals surface area contributed by atoms with Crippen molar-refractivity contribution in [2.24, 2.45) is 0 Å². The van der Waals surface area contributed by atoms with Crippen molar-refractivity contribution in [1.82, 2.24) is 20.3 Å². The van der Waals surface area contributed by atoms with Crippen LogP contribution in [0, 0.1) is 0 Å². The molecule has 0 aliphatic carbocycles. The number of aromatic nitrogens is 3. The van der Waals surface area contributed by atoms with Gasteiger partial charge in [0, 0.05) is 11.6 Å². The summed E-state index contributed by atoms with van der Waals surface area (Å²) in [6, 6.07) is 14.6. The molecule has 0 atom stereocenters. The molecule has 0 unspecified atom stereocenters. The van der Waals surface area contributed by atoms with Crippen LogP contribution in [-0.4, -0.2) is 28.0 Å². The minimum absolute atomic E-state index is 0.250. The van der Waals surface area contributed by atoms with Crippen molar-refractivity contribution in [2.45, 2.75) is 6.54 Å². The molecule has 122 valence electrons. The number of hydrogen-bond donors (Lipinski definition) is 1. The van der Waals surface area contributed by atoms with E-state index in [1.807, 2.05) is 36.4 Å². The zero-order valence-electron chi connectivity index (χ0n) is 12.9. The van der Waals surface area contributed by atoms with E-state index in [-0.39, 0.29) is 11.6 Å². The van der Waals surface area contributed by atoms with Crippen LogP contribution >= 0.6 is 11.6 Å². The Bertz CT molecular complexity index is 829. The topological polar surface area (TPSA) is 69.0 Å². The Balaban J connectivity index is 1.65. The van der Waals surface area contributed by atoms with Gasteiger partial charge < -0.3 is 10.1 Å². The van der Waals surface area contributed by atoms with Crippen LogP contribution in [0.4, 0.5) is 0 Å². The fourth-order valence-electron chi connectivity index (χ4n) is 2.10. The Hall–Kier alpha value is -2.86. The van der Waals surface area contributed by atoms with Crippen LogP contribution in [0.5, 0.6) is 5.75 Å². The summed E-state index contributed by atoms with van der Waals surface area (Å²) in [5.74, 6) is 0.463. The van der Waals surface area contributed by atoms with Gasteiger partial charge in [0.15, 0.2) is 5.69 Å². The second-order valence-corrected chi connectivity index (χ2v) is 5.49. The third-order valence-corrected chi connectivity index (χ3v) is 3.68. The first-order valence-electron chi connectivity index (χ1n) is 7.25. The molecule has 1 N–H and O–H groups in total. The zero-order chi connectivity index (χ0) is 16.9. The van der Waals surface area contributed by atoms with E-state index >= 15 is 0 Å². The van der Waals surface area contributed by atoms with Crippen molar-refractivity contribution in [1.29, 1.82) is 0 Å². The summed E-state index contributed by atoms with van der Waals surface area (Å²) in [4.78, 5) is 12.2. The molecule has 7 heteroatoms. The molecule has 2 aromatic carbocycles. The average molecular weight is 343 g/mol. The van der Waals surface area contributed by atoms with Gasteiger partial charge in [0.2, 0.25) is 0 Å². The van der Waals surface area contributed by atoms with Gasteiger partial charge in [-0.2, -0.15) is 0 Å². The minimum Gasteiger partial charge on any atom is -0.497 e. The van der Waals surface area contributed by atoms with Gasteiger partial charge in [0.25, 0.3) is 5.91 Å². The lowest BCUT2D eigenvalue weighted by Gasteiger charge is -2.03. The molecule has 0 fully saturated rings. The molecule has 0 spiro atoms. The third kappa shape index (κ3) is 3.72. The number of rotatable bonds is 5. The zero-order valence-corrected chi connectivity index (χ0v) is 13.7. The van der Waals surface area contributed by atoms with Gasteiger partial charge >= 0.3 is 0 Å². The summed E-state index contributed by atoms with van der Waals surface area (Å²) < 4.78 is 6.65. The molecule has 0 aliphatic heterocycles. The highest BCUT2D eigenvalue weighted by Crippen LogP contribution is 2.14. The molecule has 1 heterocycles. The molecule has 6 nitrogen and oxygen atoms in total. The van der Waals surface area contributed by atoms with Gasteiger partial charge in [0.1, 0.15) is 5.75 Å². The molecule has 1 amide bonds. The van der Waals surface area contributed by atoms with Crippen LogP contribution in [0.3, 0.4) is 0 Å². The van der Waals surface area contributed by atoms with E-state index in [2.05, 4.69) is 15.6 Å². The monoisotopic (exact) mass is 342 g/mol. The summed E-state index contributed by atoms with van der Waals surface area (Å²) in [5.41, 5.74) is 2.00. The van der Waals surface area contributed by atoms with Gasteiger partial charge in [-0.15, -0.1) is 5.10 Å². The maximum absolute atomic E-state index is 12.2. The number of amides is 1. The number of halogens is 1. The highest BCUT2D eigenvalue weighted by molar-refractivity contribution is 6.30. The lowest BCUT2D eigenvalue weighted by Crippen LogP contribution is -2.23. The summed E-state index contributed by atoms with van der Waals surface area (Å²) in [7, 11) is 1.60. The summed E-state index contributed by atoms with van der Waals surface area (Å²) in [6.45, 7) is 0.394. The number of nitrogens with zero attached hydrogens (tertiary/aromatic N) is 3. The molecule has 3 rings (SSSR count). The number of carbonyl (C=O) groups excluding carboxylic acids is 1. The number of carbonyl (C=O) groups is 1. The van der Waals surface area contributed by atoms with Gasteiger partial charge in [-0.3, -0.25) is 4.79 Å². The van der Waals surface area contributed by atoms with E-state index in [4.69, 9.17) is 16.3 Å². The van der Waals surface area contributed by atoms with E-state index in [1.165, 1.54) is 4.68 Å². The molecular formula is C17H15ClN4O2. The van der Waals surface area contributed by atoms with E-state index in [1.54, 1.807) is 25.4 Å². The van der Waals surface area contributed by atoms with Crippen LogP contribution in [0.2, 0.25) is 5.02 Å². The Morgan fingerprint density at radius 3 is 2.54 bits per heavy atom. The molecule has 3 aromatic rings. The van der Waals surface area contributed by atoms with E-state index in [0.717, 1.165) is 17.0 Å². The predicted octanol–water partition coefficient (Wildman–Crippen LogP) is 2.86. The van der Waals surface area contributed by atoms with Crippen LogP contribution < -0.4 is 10.1 Å². The smallest absolute Gasteiger partial charge is 0.273 e. The Labute approximate surface area is 144 Å². The molecule has 24 heavy (non-hydrogen) atoms. The van der Waals surface area contributed by atoms with Crippen LogP contribution in [-0.2, 0) is 6.54 Å². The first-order chi connectivity index (χ1) is 11.7. The van der Waals surface area contributed by atoms with Gasteiger partial charge in [-0.25, -0.2) is 4.68 Å². The van der Waals surface area contributed by atoms with E-state index in [0.29, 0.717) is 11.6 Å². The third-order valence-electron chi connectivity index (χ3n) is 3.43. The quantitative estimate of drug-likeness (QED) is 0.774. The summed E-state index contributed by atoms with van der Waals surface area (Å²) in [5, 5.41) is 11.3. The predicted molar refractivity (Wildman–Crippen MR) is 90.5 cm³/mol. The fourth-order valence-corrected chi connectivity index (χ4v) is 2.23.